The van der Waals surface area contributed by atoms with Crippen LogP contribution in [0.2, 0.25) is 0 Å². The summed E-state index contributed by atoms with van der Waals surface area (Å²) in [6.45, 7) is 5.07. The lowest BCUT2D eigenvalue weighted by Crippen LogP contribution is -2.25. The molecule has 1 aromatic rings. The maximum Gasteiger partial charge on any atom is 0.345 e. The van der Waals surface area contributed by atoms with Gasteiger partial charge in [-0.2, -0.15) is 0 Å². The predicted molar refractivity (Wildman–Crippen MR) is 69.3 cm³/mol. The lowest BCUT2D eigenvalue weighted by atomic mass is 9.99. The fourth-order valence-corrected chi connectivity index (χ4v) is 1.93. The molecule has 0 amide bonds. The molecule has 1 aromatic carbocycles. The van der Waals surface area contributed by atoms with Crippen molar-refractivity contribution >= 4 is 5.97 Å². The number of benzene rings is 1. The quantitative estimate of drug-likeness (QED) is 0.441. The molecule has 1 aliphatic rings. The van der Waals surface area contributed by atoms with Gasteiger partial charge in [0.1, 0.15) is 0 Å². The second-order valence-electron chi connectivity index (χ2n) is 4.82. The molecule has 3 nitrogen and oxygen atoms in total. The highest BCUT2D eigenvalue weighted by molar-refractivity contribution is 5.84. The average molecular weight is 248 g/mol. The number of rotatable bonds is 6. The monoisotopic (exact) mass is 248 g/mol. The largest absolute Gasteiger partial charge is 0.463 e. The Morgan fingerprint density at radius 1 is 1.33 bits per heavy atom. The first-order chi connectivity index (χ1) is 8.69. The van der Waals surface area contributed by atoms with Gasteiger partial charge >= 0.3 is 5.97 Å². The van der Waals surface area contributed by atoms with Gasteiger partial charge in [-0.1, -0.05) is 49.6 Å². The van der Waals surface area contributed by atoms with Crippen molar-refractivity contribution in [3.05, 3.63) is 35.4 Å². The molecule has 2 rings (SSSR count). The summed E-state index contributed by atoms with van der Waals surface area (Å²) in [7, 11) is 0. The van der Waals surface area contributed by atoms with Crippen LogP contribution in [0.15, 0.2) is 24.3 Å². The van der Waals surface area contributed by atoms with E-state index in [-0.39, 0.29) is 5.97 Å². The maximum atomic E-state index is 12.0. The topological polar surface area (TPSA) is 38.8 Å². The van der Waals surface area contributed by atoms with Crippen LogP contribution in [0.4, 0.5) is 0 Å². The Balaban J connectivity index is 1.94. The first kappa shape index (κ1) is 13.1. The number of hydrogen-bond acceptors (Lipinski definition) is 3. The highest BCUT2D eigenvalue weighted by Gasteiger charge is 2.55. The van der Waals surface area contributed by atoms with Crippen LogP contribution in [0.25, 0.3) is 0 Å². The van der Waals surface area contributed by atoms with Crippen LogP contribution in [0.5, 0.6) is 0 Å². The summed E-state index contributed by atoms with van der Waals surface area (Å²) in [6, 6.07) is 7.86. The normalized spacial score (nSPS) is 21.7. The first-order valence-electron chi connectivity index (χ1n) is 6.57. The minimum atomic E-state index is -0.820. The van der Waals surface area contributed by atoms with Crippen molar-refractivity contribution in [1.82, 2.24) is 0 Å². The van der Waals surface area contributed by atoms with Gasteiger partial charge in [-0.3, -0.25) is 0 Å². The molecule has 1 heterocycles. The molecule has 0 N–H and O–H groups in total. The molecule has 1 saturated heterocycles. The third-order valence-electron chi connectivity index (χ3n) is 3.26. The number of unbranched alkanes of at least 4 members (excludes halogenated alkanes) is 2. The molecule has 0 radical (unpaired) electrons. The molecule has 1 aliphatic heterocycles. The van der Waals surface area contributed by atoms with Gasteiger partial charge in [-0.05, 0) is 18.9 Å². The molecule has 0 aromatic heterocycles. The molecule has 0 bridgehead atoms. The first-order valence-corrected chi connectivity index (χ1v) is 6.57. The van der Waals surface area contributed by atoms with Crippen molar-refractivity contribution in [2.45, 2.75) is 38.7 Å². The van der Waals surface area contributed by atoms with Crippen molar-refractivity contribution in [2.24, 2.45) is 0 Å². The number of aryl methyl sites for hydroxylation is 1. The highest BCUT2D eigenvalue weighted by Crippen LogP contribution is 2.40. The van der Waals surface area contributed by atoms with Crippen LogP contribution in [0, 0.1) is 6.92 Å². The van der Waals surface area contributed by atoms with Gasteiger partial charge in [0.25, 0.3) is 0 Å². The zero-order valence-electron chi connectivity index (χ0n) is 11.1. The van der Waals surface area contributed by atoms with E-state index in [9.17, 15) is 4.79 Å². The number of hydrogen-bond donors (Lipinski definition) is 0. The molecule has 98 valence electrons. The summed E-state index contributed by atoms with van der Waals surface area (Å²) < 4.78 is 10.7. The summed E-state index contributed by atoms with van der Waals surface area (Å²) in [4.78, 5) is 12.0. The highest BCUT2D eigenvalue weighted by atomic mass is 16.6. The summed E-state index contributed by atoms with van der Waals surface area (Å²) in [6.07, 6.45) is 3.13. The van der Waals surface area contributed by atoms with Crippen molar-refractivity contribution in [3.63, 3.8) is 0 Å². The zero-order valence-corrected chi connectivity index (χ0v) is 11.1. The van der Waals surface area contributed by atoms with E-state index < -0.39 is 5.60 Å². The molecule has 1 atom stereocenters. The van der Waals surface area contributed by atoms with Gasteiger partial charge in [0.15, 0.2) is 0 Å². The molecular weight excluding hydrogens is 228 g/mol. The van der Waals surface area contributed by atoms with Crippen LogP contribution < -0.4 is 0 Å². The number of carbonyl (C=O) groups excluding carboxylic acids is 1. The fraction of sp³-hybridized carbons (Fsp3) is 0.533. The second kappa shape index (κ2) is 5.53. The summed E-state index contributed by atoms with van der Waals surface area (Å²) in [5.41, 5.74) is 1.25. The van der Waals surface area contributed by atoms with Crippen molar-refractivity contribution in [2.75, 3.05) is 13.2 Å². The van der Waals surface area contributed by atoms with Gasteiger partial charge in [0.05, 0.1) is 13.2 Å². The summed E-state index contributed by atoms with van der Waals surface area (Å²) in [5.74, 6) is -0.248. The van der Waals surface area contributed by atoms with E-state index in [1.54, 1.807) is 0 Å². The summed E-state index contributed by atoms with van der Waals surface area (Å²) >= 11 is 0. The number of epoxide rings is 1. The van der Waals surface area contributed by atoms with Gasteiger partial charge in [0, 0.05) is 0 Å². The third-order valence-corrected chi connectivity index (χ3v) is 3.26. The molecular formula is C15H20O3. The van der Waals surface area contributed by atoms with Crippen molar-refractivity contribution < 1.29 is 14.3 Å². The number of esters is 1. The maximum absolute atomic E-state index is 12.0. The number of carbonyl (C=O) groups is 1. The standard InChI is InChI=1S/C15H20O3/c1-3-4-5-10-17-14(16)15(11-18-15)13-8-6-12(2)7-9-13/h6-9H,3-5,10-11H2,1-2H3. The Morgan fingerprint density at radius 2 is 2.00 bits per heavy atom. The van der Waals surface area contributed by atoms with Gasteiger partial charge in [0.2, 0.25) is 5.60 Å². The third kappa shape index (κ3) is 2.72. The van der Waals surface area contributed by atoms with Crippen LogP contribution in [0.1, 0.15) is 37.3 Å². The van der Waals surface area contributed by atoms with E-state index in [0.717, 1.165) is 24.8 Å². The van der Waals surface area contributed by atoms with E-state index in [4.69, 9.17) is 9.47 Å². The van der Waals surface area contributed by atoms with E-state index >= 15 is 0 Å². The van der Waals surface area contributed by atoms with Gasteiger partial charge in [-0.15, -0.1) is 0 Å². The molecule has 0 spiro atoms. The van der Waals surface area contributed by atoms with E-state index in [2.05, 4.69) is 6.92 Å². The zero-order chi connectivity index (χ0) is 13.0. The van der Waals surface area contributed by atoms with E-state index in [0.29, 0.717) is 13.2 Å². The SMILES string of the molecule is CCCCCOC(=O)C1(c2ccc(C)cc2)CO1. The smallest absolute Gasteiger partial charge is 0.345 e. The molecule has 18 heavy (non-hydrogen) atoms. The van der Waals surface area contributed by atoms with Crippen molar-refractivity contribution in [1.29, 1.82) is 0 Å². The minimum Gasteiger partial charge on any atom is -0.463 e. The Bertz CT molecular complexity index is 404. The molecule has 1 unspecified atom stereocenters. The van der Waals surface area contributed by atoms with Gasteiger partial charge in [-0.25, -0.2) is 4.79 Å². The van der Waals surface area contributed by atoms with Crippen molar-refractivity contribution in [3.8, 4) is 0 Å². The lowest BCUT2D eigenvalue weighted by Gasteiger charge is -2.12. The average Bonchev–Trinajstić information content (AvgIpc) is 3.17. The minimum absolute atomic E-state index is 0.248. The Morgan fingerprint density at radius 3 is 2.56 bits per heavy atom. The van der Waals surface area contributed by atoms with Crippen LogP contribution in [-0.4, -0.2) is 19.2 Å². The van der Waals surface area contributed by atoms with Crippen LogP contribution in [-0.2, 0) is 19.9 Å². The fourth-order valence-electron chi connectivity index (χ4n) is 1.93. The molecule has 3 heteroatoms. The summed E-state index contributed by atoms with van der Waals surface area (Å²) in [5, 5.41) is 0. The second-order valence-corrected chi connectivity index (χ2v) is 4.82. The Hall–Kier alpha value is -1.35. The van der Waals surface area contributed by atoms with Crippen LogP contribution in [0.3, 0.4) is 0 Å². The lowest BCUT2D eigenvalue weighted by molar-refractivity contribution is -0.150. The molecule has 0 saturated carbocycles. The van der Waals surface area contributed by atoms with Gasteiger partial charge < -0.3 is 9.47 Å². The Labute approximate surface area is 108 Å². The van der Waals surface area contributed by atoms with E-state index in [1.807, 2.05) is 31.2 Å². The van der Waals surface area contributed by atoms with Crippen LogP contribution >= 0.6 is 0 Å². The predicted octanol–water partition coefficient (Wildman–Crippen LogP) is 2.95. The number of ether oxygens (including phenoxy) is 2. The molecule has 1 fully saturated rings. The molecule has 0 aliphatic carbocycles. The van der Waals surface area contributed by atoms with E-state index in [1.165, 1.54) is 5.56 Å². The Kier molecular flexibility index (Phi) is 4.02.